The number of hydrogen-bond donors (Lipinski definition) is 0. The first-order valence-corrected chi connectivity index (χ1v) is 13.7. The Hall–Kier alpha value is -2.85. The third-order valence-electron chi connectivity index (χ3n) is 7.25. The number of aromatic nitrogens is 1. The van der Waals surface area contributed by atoms with E-state index in [0.29, 0.717) is 24.1 Å². The summed E-state index contributed by atoms with van der Waals surface area (Å²) in [7, 11) is -3.89. The second-order valence-corrected chi connectivity index (χ2v) is 11.7. The molecule has 192 valence electrons. The topological polar surface area (TPSA) is 83.7 Å². The van der Waals surface area contributed by atoms with Crippen molar-refractivity contribution >= 4 is 26.9 Å². The highest BCUT2D eigenvalue weighted by molar-refractivity contribution is 7.89. The fourth-order valence-corrected chi connectivity index (χ4v) is 6.84. The molecule has 0 bridgehead atoms. The summed E-state index contributed by atoms with van der Waals surface area (Å²) in [5.41, 5.74) is 2.12. The molecule has 1 aromatic carbocycles. The number of amides is 1. The maximum Gasteiger partial charge on any atom is 0.248 e. The highest BCUT2D eigenvalue weighted by Crippen LogP contribution is 2.37. The molecule has 1 aliphatic heterocycles. The smallest absolute Gasteiger partial charge is 0.248 e. The summed E-state index contributed by atoms with van der Waals surface area (Å²) in [6.07, 6.45) is 3.83. The lowest BCUT2D eigenvalue weighted by Gasteiger charge is -2.39. The van der Waals surface area contributed by atoms with Crippen LogP contribution in [0.5, 0.6) is 0 Å². The number of rotatable bonds is 6. The van der Waals surface area contributed by atoms with Crippen LogP contribution >= 0.6 is 0 Å². The SMILES string of the molecule is Cc1ccc(S(=O)(=O)N2CCC[C@H]2C(=O)N(Cc2cc3occc3cn2)C2CCC(F)(F)CC2)cc1. The molecule has 10 heteroatoms. The number of halogens is 2. The Morgan fingerprint density at radius 1 is 1.17 bits per heavy atom. The van der Waals surface area contributed by atoms with Gasteiger partial charge in [-0.15, -0.1) is 0 Å². The van der Waals surface area contributed by atoms with E-state index >= 15 is 0 Å². The summed E-state index contributed by atoms with van der Waals surface area (Å²) in [4.78, 5) is 20.1. The molecule has 0 N–H and O–H groups in total. The number of carbonyl (C=O) groups excluding carboxylic acids is 1. The number of aryl methyl sites for hydroxylation is 1. The van der Waals surface area contributed by atoms with Gasteiger partial charge < -0.3 is 9.32 Å². The lowest BCUT2D eigenvalue weighted by molar-refractivity contribution is -0.141. The first-order valence-electron chi connectivity index (χ1n) is 12.2. The molecule has 2 aromatic heterocycles. The van der Waals surface area contributed by atoms with Gasteiger partial charge in [0.2, 0.25) is 21.9 Å². The van der Waals surface area contributed by atoms with Crippen molar-refractivity contribution in [3.05, 3.63) is 60.1 Å². The summed E-state index contributed by atoms with van der Waals surface area (Å²) in [6.45, 7) is 2.21. The first-order chi connectivity index (χ1) is 17.1. The van der Waals surface area contributed by atoms with Crippen LogP contribution < -0.4 is 0 Å². The van der Waals surface area contributed by atoms with E-state index in [9.17, 15) is 22.0 Å². The van der Waals surface area contributed by atoms with Gasteiger partial charge in [0, 0.05) is 43.1 Å². The fourth-order valence-electron chi connectivity index (χ4n) is 5.19. The zero-order valence-corrected chi connectivity index (χ0v) is 20.9. The van der Waals surface area contributed by atoms with E-state index in [-0.39, 0.29) is 49.6 Å². The van der Waals surface area contributed by atoms with Crippen LogP contribution in [-0.4, -0.2) is 53.1 Å². The summed E-state index contributed by atoms with van der Waals surface area (Å²) in [5, 5.41) is 0.820. The molecule has 0 spiro atoms. The Labute approximate surface area is 209 Å². The van der Waals surface area contributed by atoms with Gasteiger partial charge in [-0.2, -0.15) is 4.31 Å². The van der Waals surface area contributed by atoms with Crippen LogP contribution in [0.2, 0.25) is 0 Å². The van der Waals surface area contributed by atoms with Gasteiger partial charge in [0.05, 0.1) is 23.4 Å². The first kappa shape index (κ1) is 24.8. The minimum absolute atomic E-state index is 0.0978. The average Bonchev–Trinajstić information content (AvgIpc) is 3.52. The van der Waals surface area contributed by atoms with E-state index in [4.69, 9.17) is 4.42 Å². The normalized spacial score (nSPS) is 21.1. The molecule has 2 fully saturated rings. The van der Waals surface area contributed by atoms with Crippen LogP contribution in [0.3, 0.4) is 0 Å². The maximum atomic E-state index is 13.9. The minimum atomic E-state index is -3.89. The highest BCUT2D eigenvalue weighted by atomic mass is 32.2. The molecule has 3 aromatic rings. The lowest BCUT2D eigenvalue weighted by Crippen LogP contribution is -2.52. The molecule has 1 aliphatic carbocycles. The second kappa shape index (κ2) is 9.55. The van der Waals surface area contributed by atoms with Crippen molar-refractivity contribution in [3.8, 4) is 0 Å². The predicted molar refractivity (Wildman–Crippen MR) is 130 cm³/mol. The fraction of sp³-hybridized carbons (Fsp3) is 0.462. The van der Waals surface area contributed by atoms with Gasteiger partial charge in [0.15, 0.2) is 0 Å². The predicted octanol–water partition coefficient (Wildman–Crippen LogP) is 4.90. The van der Waals surface area contributed by atoms with E-state index in [0.717, 1.165) is 10.9 Å². The molecule has 3 heterocycles. The van der Waals surface area contributed by atoms with Gasteiger partial charge in [-0.05, 0) is 50.8 Å². The Balaban J connectivity index is 1.44. The molecule has 0 unspecified atom stereocenters. The molecule has 1 atom stereocenters. The van der Waals surface area contributed by atoms with Gasteiger partial charge >= 0.3 is 0 Å². The molecule has 1 amide bonds. The number of fused-ring (bicyclic) bond motifs is 1. The van der Waals surface area contributed by atoms with Gasteiger partial charge in [-0.3, -0.25) is 9.78 Å². The van der Waals surface area contributed by atoms with Gasteiger partial charge in [-0.1, -0.05) is 17.7 Å². The van der Waals surface area contributed by atoms with Crippen molar-refractivity contribution in [1.29, 1.82) is 0 Å². The second-order valence-electron chi connectivity index (χ2n) is 9.77. The number of sulfonamides is 1. The molecule has 5 rings (SSSR count). The maximum absolute atomic E-state index is 13.9. The molecular formula is C26H29F2N3O4S. The van der Waals surface area contributed by atoms with Crippen LogP contribution in [0.15, 0.2) is 58.2 Å². The Kier molecular flexibility index (Phi) is 6.59. The molecule has 0 radical (unpaired) electrons. The summed E-state index contributed by atoms with van der Waals surface area (Å²) < 4.78 is 61.5. The summed E-state index contributed by atoms with van der Waals surface area (Å²) in [5.74, 6) is -3.11. The van der Waals surface area contributed by atoms with E-state index < -0.39 is 28.0 Å². The molecule has 7 nitrogen and oxygen atoms in total. The number of furan rings is 1. The number of alkyl halides is 2. The van der Waals surface area contributed by atoms with Gasteiger partial charge in [0.25, 0.3) is 0 Å². The quantitative estimate of drug-likeness (QED) is 0.465. The number of benzene rings is 1. The zero-order valence-electron chi connectivity index (χ0n) is 20.1. The Morgan fingerprint density at radius 3 is 2.61 bits per heavy atom. The van der Waals surface area contributed by atoms with E-state index in [1.54, 1.807) is 53.8 Å². The van der Waals surface area contributed by atoms with E-state index in [1.165, 1.54) is 4.31 Å². The number of hydrogen-bond acceptors (Lipinski definition) is 5. The summed E-state index contributed by atoms with van der Waals surface area (Å²) >= 11 is 0. The van der Waals surface area contributed by atoms with Crippen molar-refractivity contribution in [2.75, 3.05) is 6.54 Å². The molecule has 1 saturated carbocycles. The van der Waals surface area contributed by atoms with Crippen molar-refractivity contribution in [3.63, 3.8) is 0 Å². The molecule has 36 heavy (non-hydrogen) atoms. The van der Waals surface area contributed by atoms with Gasteiger partial charge in [-0.25, -0.2) is 17.2 Å². The molecule has 2 aliphatic rings. The minimum Gasteiger partial charge on any atom is -0.464 e. The monoisotopic (exact) mass is 517 g/mol. The van der Waals surface area contributed by atoms with Crippen molar-refractivity contribution < 1.29 is 26.4 Å². The van der Waals surface area contributed by atoms with Crippen LogP contribution in [0.1, 0.15) is 49.8 Å². The standard InChI is InChI=1S/C26H29F2N3O4S/c1-18-4-6-22(7-5-18)36(33,34)31-13-2-3-23(31)25(32)30(21-8-11-26(27,28)12-9-21)17-20-15-24-19(16-29-20)10-14-35-24/h4-7,10,14-16,21,23H,2-3,8-9,11-13,17H2,1H3/t23-/m0/s1. The van der Waals surface area contributed by atoms with E-state index in [1.807, 2.05) is 6.92 Å². The number of nitrogens with zero attached hydrogens (tertiary/aromatic N) is 3. The largest absolute Gasteiger partial charge is 0.464 e. The summed E-state index contributed by atoms with van der Waals surface area (Å²) in [6, 6.07) is 8.77. The van der Waals surface area contributed by atoms with Crippen LogP contribution in [0, 0.1) is 6.92 Å². The highest BCUT2D eigenvalue weighted by Gasteiger charge is 2.44. The van der Waals surface area contributed by atoms with Crippen molar-refractivity contribution in [2.24, 2.45) is 0 Å². The van der Waals surface area contributed by atoms with E-state index in [2.05, 4.69) is 4.98 Å². The van der Waals surface area contributed by atoms with Crippen LogP contribution in [-0.2, 0) is 21.4 Å². The van der Waals surface area contributed by atoms with Gasteiger partial charge in [0.1, 0.15) is 11.6 Å². The third kappa shape index (κ3) is 4.88. The Morgan fingerprint density at radius 2 is 1.89 bits per heavy atom. The molecular weight excluding hydrogens is 488 g/mol. The lowest BCUT2D eigenvalue weighted by atomic mass is 9.90. The number of carbonyl (C=O) groups is 1. The van der Waals surface area contributed by atoms with Crippen LogP contribution in [0.4, 0.5) is 8.78 Å². The Bertz CT molecular complexity index is 1350. The zero-order chi connectivity index (χ0) is 25.5. The molecule has 1 saturated heterocycles. The third-order valence-corrected chi connectivity index (χ3v) is 9.18. The number of pyridine rings is 1. The average molecular weight is 518 g/mol. The van der Waals surface area contributed by atoms with Crippen molar-refractivity contribution in [1.82, 2.24) is 14.2 Å². The van der Waals surface area contributed by atoms with Crippen LogP contribution in [0.25, 0.3) is 11.0 Å². The van der Waals surface area contributed by atoms with Crippen molar-refractivity contribution in [2.45, 2.75) is 74.9 Å².